The molecule has 0 aliphatic rings. The van der Waals surface area contributed by atoms with Crippen molar-refractivity contribution in [1.82, 2.24) is 5.32 Å². The van der Waals surface area contributed by atoms with E-state index >= 15 is 0 Å². The van der Waals surface area contributed by atoms with Gasteiger partial charge in [0.1, 0.15) is 11.8 Å². The Labute approximate surface area is 121 Å². The van der Waals surface area contributed by atoms with Gasteiger partial charge in [-0.2, -0.15) is 0 Å². The van der Waals surface area contributed by atoms with Crippen LogP contribution in [0, 0.1) is 6.92 Å². The molecule has 1 rings (SSSR count). The number of phenols is 1. The van der Waals surface area contributed by atoms with Crippen molar-refractivity contribution < 1.29 is 29.3 Å². The summed E-state index contributed by atoms with van der Waals surface area (Å²) in [4.78, 5) is 34.2. The first-order valence-electron chi connectivity index (χ1n) is 6.25. The van der Waals surface area contributed by atoms with Crippen molar-refractivity contribution in [3.8, 4) is 5.75 Å². The number of benzene rings is 1. The van der Waals surface area contributed by atoms with Crippen LogP contribution in [0.1, 0.15) is 28.8 Å². The molecule has 0 aromatic heterocycles. The van der Waals surface area contributed by atoms with E-state index < -0.39 is 23.9 Å². The fraction of sp³-hybridized carbons (Fsp3) is 0.357. The number of hydrogen-bond donors (Lipinski definition) is 3. The number of carbonyl (C=O) groups excluding carboxylic acids is 2. The van der Waals surface area contributed by atoms with Crippen LogP contribution in [0.2, 0.25) is 0 Å². The van der Waals surface area contributed by atoms with Crippen LogP contribution >= 0.6 is 0 Å². The molecule has 1 aromatic carbocycles. The summed E-state index contributed by atoms with van der Waals surface area (Å²) in [5.41, 5.74) is 0.779. The highest BCUT2D eigenvalue weighted by molar-refractivity contribution is 5.98. The predicted octanol–water partition coefficient (Wildman–Crippen LogP) is 0.837. The number of aliphatic carboxylic acids is 1. The molecule has 1 amide bonds. The fourth-order valence-corrected chi connectivity index (χ4v) is 1.76. The Morgan fingerprint density at radius 1 is 1.33 bits per heavy atom. The van der Waals surface area contributed by atoms with Gasteiger partial charge in [-0.3, -0.25) is 9.59 Å². The molecule has 0 bridgehead atoms. The van der Waals surface area contributed by atoms with E-state index in [4.69, 9.17) is 5.11 Å². The lowest BCUT2D eigenvalue weighted by atomic mass is 10.1. The van der Waals surface area contributed by atoms with E-state index in [2.05, 4.69) is 10.1 Å². The predicted molar refractivity (Wildman–Crippen MR) is 73.0 cm³/mol. The van der Waals surface area contributed by atoms with Gasteiger partial charge in [0, 0.05) is 12.0 Å². The van der Waals surface area contributed by atoms with Crippen LogP contribution in [0.25, 0.3) is 0 Å². The minimum absolute atomic E-state index is 0.0181. The van der Waals surface area contributed by atoms with Gasteiger partial charge in [0.15, 0.2) is 0 Å². The molecule has 0 fully saturated rings. The second-order valence-corrected chi connectivity index (χ2v) is 4.48. The molecule has 0 aliphatic heterocycles. The van der Waals surface area contributed by atoms with E-state index in [0.717, 1.165) is 0 Å². The van der Waals surface area contributed by atoms with Crippen LogP contribution in [0.4, 0.5) is 0 Å². The molecule has 7 heteroatoms. The molecule has 0 radical (unpaired) electrons. The molecule has 21 heavy (non-hydrogen) atoms. The number of carboxylic acid groups (broad SMARTS) is 1. The highest BCUT2D eigenvalue weighted by Crippen LogP contribution is 2.16. The Balaban J connectivity index is 2.76. The molecule has 0 spiro atoms. The number of amides is 1. The summed E-state index contributed by atoms with van der Waals surface area (Å²) in [6, 6.07) is 2.95. The Morgan fingerprint density at radius 2 is 2.00 bits per heavy atom. The lowest BCUT2D eigenvalue weighted by molar-refractivity contribution is -0.142. The van der Waals surface area contributed by atoms with Crippen molar-refractivity contribution in [2.45, 2.75) is 25.8 Å². The average Bonchev–Trinajstić information content (AvgIpc) is 2.42. The molecule has 1 atom stereocenters. The maximum absolute atomic E-state index is 12.0. The fourth-order valence-electron chi connectivity index (χ4n) is 1.76. The zero-order chi connectivity index (χ0) is 16.0. The summed E-state index contributed by atoms with van der Waals surface area (Å²) >= 11 is 0. The molecule has 7 nitrogen and oxygen atoms in total. The number of aryl methyl sites for hydroxylation is 1. The number of carboxylic acids is 1. The van der Waals surface area contributed by atoms with E-state index in [1.54, 1.807) is 6.92 Å². The molecule has 0 saturated heterocycles. The SMILES string of the molecule is COC(=O)CC[C@H](NC(=O)c1ccc(O)cc1C)C(=O)O. The van der Waals surface area contributed by atoms with Gasteiger partial charge in [-0.05, 0) is 37.1 Å². The van der Waals surface area contributed by atoms with Gasteiger partial charge in [-0.25, -0.2) is 4.79 Å². The lowest BCUT2D eigenvalue weighted by Crippen LogP contribution is -2.41. The van der Waals surface area contributed by atoms with Crippen molar-refractivity contribution >= 4 is 17.8 Å². The second kappa shape index (κ2) is 7.28. The normalized spacial score (nSPS) is 11.5. The van der Waals surface area contributed by atoms with E-state index in [1.165, 1.54) is 25.3 Å². The smallest absolute Gasteiger partial charge is 0.326 e. The van der Waals surface area contributed by atoms with E-state index in [9.17, 15) is 19.5 Å². The molecule has 3 N–H and O–H groups in total. The largest absolute Gasteiger partial charge is 0.508 e. The van der Waals surface area contributed by atoms with Crippen molar-refractivity contribution in [3.05, 3.63) is 29.3 Å². The van der Waals surface area contributed by atoms with Crippen LogP contribution in [0.5, 0.6) is 5.75 Å². The molecule has 0 unspecified atom stereocenters. The van der Waals surface area contributed by atoms with Crippen LogP contribution < -0.4 is 5.32 Å². The topological polar surface area (TPSA) is 113 Å². The van der Waals surface area contributed by atoms with E-state index in [-0.39, 0.29) is 24.2 Å². The summed E-state index contributed by atoms with van der Waals surface area (Å²) in [6.45, 7) is 1.62. The first-order valence-corrected chi connectivity index (χ1v) is 6.25. The maximum Gasteiger partial charge on any atom is 0.326 e. The number of rotatable bonds is 6. The number of methoxy groups -OCH3 is 1. The van der Waals surface area contributed by atoms with Crippen molar-refractivity contribution in [3.63, 3.8) is 0 Å². The maximum atomic E-state index is 12.0. The zero-order valence-corrected chi connectivity index (χ0v) is 11.8. The summed E-state index contributed by atoms with van der Waals surface area (Å²) in [6.07, 6.45) is -0.173. The first-order chi connectivity index (χ1) is 9.85. The molecule has 114 valence electrons. The minimum atomic E-state index is -1.23. The van der Waals surface area contributed by atoms with Gasteiger partial charge < -0.3 is 20.3 Å². The lowest BCUT2D eigenvalue weighted by Gasteiger charge is -2.15. The Kier molecular flexibility index (Phi) is 5.71. The van der Waals surface area contributed by atoms with Crippen LogP contribution in [-0.2, 0) is 14.3 Å². The van der Waals surface area contributed by atoms with Gasteiger partial charge in [0.25, 0.3) is 5.91 Å². The van der Waals surface area contributed by atoms with Crippen LogP contribution in [0.15, 0.2) is 18.2 Å². The number of phenolic OH excluding ortho intramolecular Hbond substituents is 1. The molecular formula is C14H17NO6. The summed E-state index contributed by atoms with van der Waals surface area (Å²) < 4.78 is 4.43. The van der Waals surface area contributed by atoms with Crippen molar-refractivity contribution in [1.29, 1.82) is 0 Å². The molecule has 0 saturated carbocycles. The summed E-state index contributed by atoms with van der Waals surface area (Å²) in [5, 5.41) is 20.7. The first kappa shape index (κ1) is 16.5. The van der Waals surface area contributed by atoms with Crippen LogP contribution in [0.3, 0.4) is 0 Å². The highest BCUT2D eigenvalue weighted by Gasteiger charge is 2.22. The quantitative estimate of drug-likeness (QED) is 0.670. The minimum Gasteiger partial charge on any atom is -0.508 e. The van der Waals surface area contributed by atoms with Gasteiger partial charge in [0.05, 0.1) is 7.11 Å². The van der Waals surface area contributed by atoms with E-state index in [0.29, 0.717) is 5.56 Å². The Bertz CT molecular complexity index is 554. The summed E-state index contributed by atoms with van der Waals surface area (Å²) in [5.74, 6) is -2.34. The van der Waals surface area contributed by atoms with Gasteiger partial charge in [-0.1, -0.05) is 0 Å². The summed E-state index contributed by atoms with van der Waals surface area (Å²) in [7, 11) is 1.20. The molecule has 0 heterocycles. The molecule has 0 aliphatic carbocycles. The monoisotopic (exact) mass is 295 g/mol. The number of hydrogen-bond acceptors (Lipinski definition) is 5. The van der Waals surface area contributed by atoms with Gasteiger partial charge >= 0.3 is 11.9 Å². The van der Waals surface area contributed by atoms with Crippen LogP contribution in [-0.4, -0.2) is 41.2 Å². The van der Waals surface area contributed by atoms with E-state index in [1.807, 2.05) is 0 Å². The zero-order valence-electron chi connectivity index (χ0n) is 11.8. The number of esters is 1. The molecular weight excluding hydrogens is 278 g/mol. The van der Waals surface area contributed by atoms with Gasteiger partial charge in [-0.15, -0.1) is 0 Å². The number of ether oxygens (including phenoxy) is 1. The standard InChI is InChI=1S/C14H17NO6/c1-8-7-9(16)3-4-10(8)13(18)15-11(14(19)20)5-6-12(17)21-2/h3-4,7,11,16H,5-6H2,1-2H3,(H,15,18)(H,19,20)/t11-/m0/s1. The Hall–Kier alpha value is -2.57. The number of aromatic hydroxyl groups is 1. The number of nitrogens with one attached hydrogen (secondary N) is 1. The van der Waals surface area contributed by atoms with Crippen molar-refractivity contribution in [2.24, 2.45) is 0 Å². The number of carbonyl (C=O) groups is 3. The average molecular weight is 295 g/mol. The highest BCUT2D eigenvalue weighted by atomic mass is 16.5. The molecule has 1 aromatic rings. The Morgan fingerprint density at radius 3 is 2.52 bits per heavy atom. The van der Waals surface area contributed by atoms with Crippen molar-refractivity contribution in [2.75, 3.05) is 7.11 Å². The second-order valence-electron chi connectivity index (χ2n) is 4.48. The van der Waals surface area contributed by atoms with Gasteiger partial charge in [0.2, 0.25) is 0 Å². The third-order valence-electron chi connectivity index (χ3n) is 2.92. The third kappa shape index (κ3) is 4.79. The third-order valence-corrected chi connectivity index (χ3v) is 2.92.